The van der Waals surface area contributed by atoms with Crippen LogP contribution in [0.15, 0.2) is 18.2 Å². The van der Waals surface area contributed by atoms with Gasteiger partial charge in [-0.05, 0) is 73.1 Å². The van der Waals surface area contributed by atoms with Crippen molar-refractivity contribution in [1.82, 2.24) is 0 Å². The molecule has 0 aromatic heterocycles. The molecule has 0 bridgehead atoms. The van der Waals surface area contributed by atoms with Crippen molar-refractivity contribution in [1.29, 1.82) is 5.26 Å². The van der Waals surface area contributed by atoms with Crippen molar-refractivity contribution < 1.29 is 15.3 Å². The highest BCUT2D eigenvalue weighted by molar-refractivity contribution is 5.40. The topological polar surface area (TPSA) is 84.5 Å². The maximum Gasteiger partial charge on any atom is 0.115 e. The van der Waals surface area contributed by atoms with Gasteiger partial charge in [0.05, 0.1) is 18.6 Å². The van der Waals surface area contributed by atoms with Gasteiger partial charge >= 0.3 is 0 Å². The highest BCUT2D eigenvalue weighted by Gasteiger charge is 2.65. The molecule has 0 radical (unpaired) electrons. The predicted octanol–water partition coefficient (Wildman–Crippen LogP) is 2.86. The van der Waals surface area contributed by atoms with Gasteiger partial charge in [-0.3, -0.25) is 0 Å². The normalized spacial score (nSPS) is 43.4. The van der Waals surface area contributed by atoms with Crippen molar-refractivity contribution in [2.24, 2.45) is 17.3 Å². The van der Waals surface area contributed by atoms with E-state index in [1.165, 1.54) is 11.1 Å². The van der Waals surface area contributed by atoms with E-state index in [9.17, 15) is 15.3 Å². The second kappa shape index (κ2) is 5.21. The zero-order valence-electron chi connectivity index (χ0n) is 14.1. The fourth-order valence-electron chi connectivity index (χ4n) is 6.12. The summed E-state index contributed by atoms with van der Waals surface area (Å²) >= 11 is 0. The smallest absolute Gasteiger partial charge is 0.115 e. The Labute approximate surface area is 142 Å². The highest BCUT2D eigenvalue weighted by Crippen LogP contribution is 2.64. The Morgan fingerprint density at radius 3 is 2.88 bits per heavy atom. The van der Waals surface area contributed by atoms with E-state index in [0.717, 1.165) is 25.7 Å². The summed E-state index contributed by atoms with van der Waals surface area (Å²) in [6, 6.07) is 7.80. The van der Waals surface area contributed by atoms with E-state index in [1.54, 1.807) is 6.07 Å². The number of phenolic OH excluding ortho intramolecular Hbond substituents is 1. The number of phenols is 1. The Morgan fingerprint density at radius 2 is 2.12 bits per heavy atom. The second-order valence-corrected chi connectivity index (χ2v) is 8.27. The molecule has 1 unspecified atom stereocenters. The zero-order valence-corrected chi connectivity index (χ0v) is 14.1. The number of hydrogen-bond donors (Lipinski definition) is 3. The monoisotopic (exact) mass is 327 g/mol. The van der Waals surface area contributed by atoms with Crippen LogP contribution in [0, 0.1) is 28.6 Å². The maximum atomic E-state index is 11.1. The standard InChI is InChI=1S/C20H25NO3/c1-19-7-6-15-14-5-3-13(22)10-12(14)2-4-16(15)17(19)11-18(23)20(19,24)8-9-21/h3,5,10,15-18,22-24H,2,4,6-8,11H2,1H3/t15-,16-,17+,18?,19+,20+/m1/s1. The lowest BCUT2D eigenvalue weighted by Crippen LogP contribution is -2.53. The molecule has 0 aliphatic heterocycles. The molecule has 2 fully saturated rings. The molecule has 24 heavy (non-hydrogen) atoms. The second-order valence-electron chi connectivity index (χ2n) is 8.27. The first-order valence-corrected chi connectivity index (χ1v) is 9.00. The van der Waals surface area contributed by atoms with Crippen molar-refractivity contribution in [3.63, 3.8) is 0 Å². The minimum atomic E-state index is -1.29. The maximum absolute atomic E-state index is 11.1. The Bertz CT molecular complexity index is 711. The lowest BCUT2D eigenvalue weighted by Gasteiger charge is -2.52. The number of nitrogens with zero attached hydrogens (tertiary/aromatic N) is 1. The molecule has 2 saturated carbocycles. The lowest BCUT2D eigenvalue weighted by molar-refractivity contribution is -0.138. The van der Waals surface area contributed by atoms with Crippen LogP contribution in [0.25, 0.3) is 0 Å². The number of nitriles is 1. The number of fused-ring (bicyclic) bond motifs is 5. The number of aromatic hydroxyl groups is 1. The molecule has 1 aromatic carbocycles. The van der Waals surface area contributed by atoms with E-state index in [-0.39, 0.29) is 12.3 Å². The van der Waals surface area contributed by atoms with Gasteiger partial charge in [-0.2, -0.15) is 5.26 Å². The van der Waals surface area contributed by atoms with Crippen molar-refractivity contribution in [3.05, 3.63) is 29.3 Å². The van der Waals surface area contributed by atoms with Gasteiger partial charge in [0, 0.05) is 5.41 Å². The van der Waals surface area contributed by atoms with Crippen LogP contribution in [0.1, 0.15) is 56.1 Å². The van der Waals surface area contributed by atoms with Gasteiger partial charge in [0.2, 0.25) is 0 Å². The Kier molecular flexibility index (Phi) is 3.46. The van der Waals surface area contributed by atoms with Crippen molar-refractivity contribution in [3.8, 4) is 11.8 Å². The molecule has 3 N–H and O–H groups in total. The van der Waals surface area contributed by atoms with Gasteiger partial charge in [-0.15, -0.1) is 0 Å². The molecule has 0 amide bonds. The molecule has 128 valence electrons. The molecule has 0 spiro atoms. The number of aliphatic hydroxyl groups excluding tert-OH is 1. The summed E-state index contributed by atoms with van der Waals surface area (Å²) in [5.74, 6) is 1.44. The minimum absolute atomic E-state index is 0.00299. The average Bonchev–Trinajstić information content (AvgIpc) is 2.75. The predicted molar refractivity (Wildman–Crippen MR) is 89.3 cm³/mol. The van der Waals surface area contributed by atoms with E-state index in [0.29, 0.717) is 24.0 Å². The summed E-state index contributed by atoms with van der Waals surface area (Å²) in [4.78, 5) is 0. The summed E-state index contributed by atoms with van der Waals surface area (Å²) in [5, 5.41) is 40.6. The van der Waals surface area contributed by atoms with E-state index in [4.69, 9.17) is 5.26 Å². The van der Waals surface area contributed by atoms with Gasteiger partial charge < -0.3 is 15.3 Å². The first kappa shape index (κ1) is 15.9. The molecule has 4 nitrogen and oxygen atoms in total. The largest absolute Gasteiger partial charge is 0.508 e. The minimum Gasteiger partial charge on any atom is -0.508 e. The Balaban J connectivity index is 1.72. The van der Waals surface area contributed by atoms with Crippen LogP contribution in [0.3, 0.4) is 0 Å². The van der Waals surface area contributed by atoms with Gasteiger partial charge in [0.15, 0.2) is 0 Å². The molecular weight excluding hydrogens is 302 g/mol. The molecule has 6 atom stereocenters. The number of benzene rings is 1. The summed E-state index contributed by atoms with van der Waals surface area (Å²) in [5.41, 5.74) is 0.895. The van der Waals surface area contributed by atoms with Gasteiger partial charge in [0.1, 0.15) is 11.4 Å². The summed E-state index contributed by atoms with van der Waals surface area (Å²) in [7, 11) is 0. The Hall–Kier alpha value is -1.57. The van der Waals surface area contributed by atoms with Crippen LogP contribution in [0.2, 0.25) is 0 Å². The van der Waals surface area contributed by atoms with Gasteiger partial charge in [-0.1, -0.05) is 13.0 Å². The van der Waals surface area contributed by atoms with E-state index < -0.39 is 17.1 Å². The van der Waals surface area contributed by atoms with Crippen LogP contribution in [-0.4, -0.2) is 27.0 Å². The van der Waals surface area contributed by atoms with E-state index >= 15 is 0 Å². The van der Waals surface area contributed by atoms with Gasteiger partial charge in [-0.25, -0.2) is 0 Å². The molecule has 0 heterocycles. The third-order valence-electron chi connectivity index (χ3n) is 7.47. The molecular formula is C20H25NO3. The number of aryl methyl sites for hydroxylation is 1. The van der Waals surface area contributed by atoms with Crippen LogP contribution in [0.4, 0.5) is 0 Å². The zero-order chi connectivity index (χ0) is 17.1. The first-order chi connectivity index (χ1) is 11.4. The molecule has 3 aliphatic rings. The van der Waals surface area contributed by atoms with Gasteiger partial charge in [0.25, 0.3) is 0 Å². The summed E-state index contributed by atoms with van der Waals surface area (Å²) in [6.45, 7) is 2.08. The number of hydrogen-bond acceptors (Lipinski definition) is 4. The Morgan fingerprint density at radius 1 is 1.33 bits per heavy atom. The SMILES string of the molecule is C[C@]12CC[C@@H]3c4ccc(O)cc4CC[C@H]3[C@@H]1CC(O)[C@@]2(O)CC#N. The van der Waals surface area contributed by atoms with E-state index in [1.807, 2.05) is 6.07 Å². The molecule has 1 aromatic rings. The highest BCUT2D eigenvalue weighted by atomic mass is 16.3. The quantitative estimate of drug-likeness (QED) is 0.740. The average molecular weight is 327 g/mol. The van der Waals surface area contributed by atoms with Crippen LogP contribution in [-0.2, 0) is 6.42 Å². The van der Waals surface area contributed by atoms with Crippen LogP contribution >= 0.6 is 0 Å². The molecule has 0 saturated heterocycles. The van der Waals surface area contributed by atoms with Crippen LogP contribution < -0.4 is 0 Å². The number of aliphatic hydroxyl groups is 2. The fourth-order valence-corrected chi connectivity index (χ4v) is 6.12. The van der Waals surface area contributed by atoms with Crippen molar-refractivity contribution >= 4 is 0 Å². The van der Waals surface area contributed by atoms with Crippen molar-refractivity contribution in [2.75, 3.05) is 0 Å². The van der Waals surface area contributed by atoms with Crippen LogP contribution in [0.5, 0.6) is 5.75 Å². The summed E-state index contributed by atoms with van der Waals surface area (Å²) < 4.78 is 0. The van der Waals surface area contributed by atoms with E-state index in [2.05, 4.69) is 19.1 Å². The lowest BCUT2D eigenvalue weighted by atomic mass is 9.53. The summed E-state index contributed by atoms with van der Waals surface area (Å²) in [6.07, 6.45) is 3.53. The first-order valence-electron chi connectivity index (χ1n) is 9.00. The fraction of sp³-hybridized carbons (Fsp3) is 0.650. The molecule has 3 aliphatic carbocycles. The van der Waals surface area contributed by atoms with Crippen molar-refractivity contribution in [2.45, 2.75) is 63.1 Å². The molecule has 4 rings (SSSR count). The number of rotatable bonds is 1. The molecule has 4 heteroatoms. The third kappa shape index (κ3) is 1.92. The third-order valence-corrected chi connectivity index (χ3v) is 7.47.